The minimum Gasteiger partial charge on any atom is -0.468 e. The van der Waals surface area contributed by atoms with Crippen LogP contribution < -0.4 is 10.1 Å². The predicted octanol–water partition coefficient (Wildman–Crippen LogP) is 5.72. The molecule has 1 amide bonds. The van der Waals surface area contributed by atoms with Crippen LogP contribution in [0.1, 0.15) is 34.8 Å². The van der Waals surface area contributed by atoms with Crippen molar-refractivity contribution in [3.8, 4) is 11.5 Å². The lowest BCUT2D eigenvalue weighted by atomic mass is 9.97. The summed E-state index contributed by atoms with van der Waals surface area (Å²) in [5, 5.41) is 4.07. The smallest absolute Gasteiger partial charge is 0.240 e. The van der Waals surface area contributed by atoms with Crippen molar-refractivity contribution < 1.29 is 9.53 Å². The Hall–Kier alpha value is -4.12. The molecule has 7 nitrogen and oxygen atoms in total. The number of nitrogens with zero attached hydrogens (tertiary/aromatic N) is 4. The number of hydrogen-bond acceptors (Lipinski definition) is 4. The van der Waals surface area contributed by atoms with Crippen LogP contribution in [0, 0.1) is 6.57 Å². The van der Waals surface area contributed by atoms with E-state index in [0.717, 1.165) is 22.4 Å². The molecule has 4 aromatic rings. The standard InChI is InChI=1S/C29H24ClN5O2/c1-31-25-9-8-19-12-27(25)37-24-7-3-5-21(14-24)28(20-4-2-6-22(30)13-20)35-11-10-26(29(35)36)33-16-23-15-32-18-34(23)17-19/h2-9,12-15,18,26,28,33H,10-11,16-17H2/t26-,28?/m1/s1. The number of fused-ring (bicyclic) bond motifs is 7. The van der Waals surface area contributed by atoms with E-state index in [0.29, 0.717) is 48.3 Å². The van der Waals surface area contributed by atoms with Gasteiger partial charge in [-0.2, -0.15) is 0 Å². The van der Waals surface area contributed by atoms with Crippen LogP contribution >= 0.6 is 11.6 Å². The second-order valence-electron chi connectivity index (χ2n) is 9.31. The zero-order valence-electron chi connectivity index (χ0n) is 20.0. The Bertz CT molecular complexity index is 1520. The number of hydrogen-bond donors (Lipinski definition) is 1. The van der Waals surface area contributed by atoms with Gasteiger partial charge in [0.2, 0.25) is 11.6 Å². The molecular formula is C29H24ClN5O2. The maximum Gasteiger partial charge on any atom is 0.240 e. The summed E-state index contributed by atoms with van der Waals surface area (Å²) in [6.45, 7) is 9.34. The van der Waals surface area contributed by atoms with Crippen molar-refractivity contribution in [2.45, 2.75) is 31.6 Å². The van der Waals surface area contributed by atoms with E-state index in [1.165, 1.54) is 0 Å². The summed E-state index contributed by atoms with van der Waals surface area (Å²) in [5.41, 5.74) is 4.25. The van der Waals surface area contributed by atoms with Crippen LogP contribution in [0.25, 0.3) is 4.85 Å². The van der Waals surface area contributed by atoms with Crippen molar-refractivity contribution in [1.29, 1.82) is 0 Å². The fraction of sp³-hybridized carbons (Fsp3) is 0.207. The zero-order valence-corrected chi connectivity index (χ0v) is 20.7. The van der Waals surface area contributed by atoms with Crippen molar-refractivity contribution in [2.75, 3.05) is 6.54 Å². The minimum absolute atomic E-state index is 0.0509. The van der Waals surface area contributed by atoms with E-state index < -0.39 is 0 Å². The van der Waals surface area contributed by atoms with Crippen LogP contribution in [-0.2, 0) is 17.9 Å². The third-order valence-electron chi connectivity index (χ3n) is 6.94. The molecule has 3 heterocycles. The first-order valence-corrected chi connectivity index (χ1v) is 12.5. The largest absolute Gasteiger partial charge is 0.468 e. The molecule has 37 heavy (non-hydrogen) atoms. The first kappa shape index (κ1) is 23.3. The lowest BCUT2D eigenvalue weighted by Gasteiger charge is -2.30. The van der Waals surface area contributed by atoms with Gasteiger partial charge in [0, 0.05) is 30.9 Å². The number of carbonyl (C=O) groups excluding carboxylic acids is 1. The van der Waals surface area contributed by atoms with Crippen molar-refractivity contribution in [3.05, 3.63) is 118 Å². The summed E-state index contributed by atoms with van der Waals surface area (Å²) < 4.78 is 8.33. The lowest BCUT2D eigenvalue weighted by Crippen LogP contribution is -2.40. The molecule has 1 unspecified atom stereocenters. The number of benzene rings is 3. The summed E-state index contributed by atoms with van der Waals surface area (Å²) in [4.78, 5) is 23.6. The van der Waals surface area contributed by atoms with Gasteiger partial charge in [-0.1, -0.05) is 48.0 Å². The molecule has 2 aliphatic heterocycles. The second kappa shape index (κ2) is 9.74. The molecule has 184 valence electrons. The van der Waals surface area contributed by atoms with Crippen molar-refractivity contribution >= 4 is 23.2 Å². The van der Waals surface area contributed by atoms with Crippen molar-refractivity contribution in [1.82, 2.24) is 19.8 Å². The van der Waals surface area contributed by atoms with E-state index >= 15 is 0 Å². The Morgan fingerprint density at radius 1 is 1.08 bits per heavy atom. The molecule has 1 aromatic heterocycles. The third kappa shape index (κ3) is 4.57. The van der Waals surface area contributed by atoms with Gasteiger partial charge in [0.15, 0.2) is 0 Å². The van der Waals surface area contributed by atoms with E-state index in [1.54, 1.807) is 12.4 Å². The topological polar surface area (TPSA) is 63.8 Å². The maximum absolute atomic E-state index is 13.7. The molecule has 1 saturated heterocycles. The molecule has 1 fully saturated rings. The summed E-state index contributed by atoms with van der Waals surface area (Å²) >= 11 is 6.37. The SMILES string of the molecule is [C-]#[N+]c1ccc2cc1Oc1cccc(c1)C(c1cccc(Cl)c1)N1CC[C@@H](NCc3cncn3C2)C1=O. The Morgan fingerprint density at radius 3 is 2.76 bits per heavy atom. The molecule has 8 heteroatoms. The van der Waals surface area contributed by atoms with Gasteiger partial charge in [0.1, 0.15) is 11.5 Å². The molecule has 6 bridgehead atoms. The van der Waals surface area contributed by atoms with Crippen molar-refractivity contribution in [3.63, 3.8) is 0 Å². The van der Waals surface area contributed by atoms with Crippen molar-refractivity contribution in [2.24, 2.45) is 0 Å². The van der Waals surface area contributed by atoms with E-state index in [-0.39, 0.29) is 18.0 Å². The molecule has 0 spiro atoms. The Kier molecular flexibility index (Phi) is 6.13. The number of imidazole rings is 1. The van der Waals surface area contributed by atoms with Gasteiger partial charge in [-0.25, -0.2) is 9.83 Å². The van der Waals surface area contributed by atoms with Crippen LogP contribution in [0.5, 0.6) is 11.5 Å². The Balaban J connectivity index is 1.48. The van der Waals surface area contributed by atoms with E-state index in [9.17, 15) is 4.79 Å². The van der Waals surface area contributed by atoms with Gasteiger partial charge in [-0.15, -0.1) is 0 Å². The monoisotopic (exact) mass is 509 g/mol. The van der Waals surface area contributed by atoms with E-state index in [2.05, 4.69) is 15.1 Å². The molecule has 2 atom stereocenters. The first-order valence-electron chi connectivity index (χ1n) is 12.2. The molecular weight excluding hydrogens is 486 g/mol. The fourth-order valence-electron chi connectivity index (χ4n) is 5.15. The van der Waals surface area contributed by atoms with E-state index in [4.69, 9.17) is 22.9 Å². The number of aromatic nitrogens is 2. The van der Waals surface area contributed by atoms with Gasteiger partial charge in [-0.3, -0.25) is 4.79 Å². The number of rotatable bonds is 1. The molecule has 2 aliphatic rings. The molecule has 6 rings (SSSR count). The first-order chi connectivity index (χ1) is 18.1. The summed E-state index contributed by atoms with van der Waals surface area (Å²) in [6, 6.07) is 20.4. The highest BCUT2D eigenvalue weighted by atomic mass is 35.5. The van der Waals surface area contributed by atoms with Crippen LogP contribution in [0.4, 0.5) is 5.69 Å². The van der Waals surface area contributed by atoms with Gasteiger partial charge in [0.25, 0.3) is 0 Å². The number of halogens is 1. The molecule has 0 radical (unpaired) electrons. The normalized spacial score (nSPS) is 19.1. The summed E-state index contributed by atoms with van der Waals surface area (Å²) in [5.74, 6) is 1.14. The average Bonchev–Trinajstić information content (AvgIpc) is 3.49. The highest BCUT2D eigenvalue weighted by molar-refractivity contribution is 6.30. The predicted molar refractivity (Wildman–Crippen MR) is 141 cm³/mol. The Morgan fingerprint density at radius 2 is 1.92 bits per heavy atom. The van der Waals surface area contributed by atoms with Gasteiger partial charge in [0.05, 0.1) is 30.7 Å². The van der Waals surface area contributed by atoms with Crippen LogP contribution in [0.3, 0.4) is 0 Å². The molecule has 0 aliphatic carbocycles. The highest BCUT2D eigenvalue weighted by Gasteiger charge is 2.37. The maximum atomic E-state index is 13.7. The number of amides is 1. The van der Waals surface area contributed by atoms with Gasteiger partial charge in [-0.05, 0) is 53.4 Å². The fourth-order valence-corrected chi connectivity index (χ4v) is 5.34. The molecule has 0 saturated carbocycles. The average molecular weight is 510 g/mol. The van der Waals surface area contributed by atoms with Gasteiger partial charge >= 0.3 is 0 Å². The summed E-state index contributed by atoms with van der Waals surface area (Å²) in [7, 11) is 0. The zero-order chi connectivity index (χ0) is 25.4. The van der Waals surface area contributed by atoms with E-state index in [1.807, 2.05) is 76.3 Å². The quantitative estimate of drug-likeness (QED) is 0.333. The molecule has 1 N–H and O–H groups in total. The number of ether oxygens (including phenoxy) is 1. The lowest BCUT2D eigenvalue weighted by molar-refractivity contribution is -0.130. The number of carbonyl (C=O) groups is 1. The second-order valence-corrected chi connectivity index (χ2v) is 9.75. The van der Waals surface area contributed by atoms with Crippen LogP contribution in [0.2, 0.25) is 5.02 Å². The van der Waals surface area contributed by atoms with Gasteiger partial charge < -0.3 is 19.5 Å². The highest BCUT2D eigenvalue weighted by Crippen LogP contribution is 2.38. The van der Waals surface area contributed by atoms with Crippen LogP contribution in [-0.4, -0.2) is 32.9 Å². The summed E-state index contributed by atoms with van der Waals surface area (Å²) in [6.07, 6.45) is 4.30. The molecule has 3 aromatic carbocycles. The van der Waals surface area contributed by atoms with Crippen LogP contribution in [0.15, 0.2) is 79.3 Å². The Labute approximate surface area is 220 Å². The number of nitrogens with one attached hydrogen (secondary N) is 1. The third-order valence-corrected chi connectivity index (χ3v) is 7.18. The minimum atomic E-state index is -0.327.